The molecule has 134 valence electrons. The van der Waals surface area contributed by atoms with Crippen molar-refractivity contribution in [2.45, 2.75) is 31.2 Å². The van der Waals surface area contributed by atoms with E-state index in [9.17, 15) is 13.2 Å². The van der Waals surface area contributed by atoms with Gasteiger partial charge in [-0.1, -0.05) is 41.1 Å². The van der Waals surface area contributed by atoms with Gasteiger partial charge in [0.2, 0.25) is 5.91 Å². The number of carbonyl (C=O) groups is 1. The Hall–Kier alpha value is -1.86. The van der Waals surface area contributed by atoms with E-state index in [2.05, 4.69) is 21.2 Å². The van der Waals surface area contributed by atoms with Crippen molar-refractivity contribution >= 4 is 37.5 Å². The van der Waals surface area contributed by atoms with Crippen LogP contribution in [-0.2, 0) is 14.8 Å². The van der Waals surface area contributed by atoms with Gasteiger partial charge in [-0.05, 0) is 49.7 Å². The van der Waals surface area contributed by atoms with Crippen LogP contribution < -0.4 is 9.62 Å². The summed E-state index contributed by atoms with van der Waals surface area (Å²) in [5, 5.41) is 2.81. The molecule has 0 heterocycles. The average Bonchev–Trinajstić information content (AvgIpc) is 2.61. The number of nitrogens with one attached hydrogen (secondary N) is 1. The lowest BCUT2D eigenvalue weighted by atomic mass is 10.2. The lowest BCUT2D eigenvalue weighted by Gasteiger charge is -2.25. The van der Waals surface area contributed by atoms with Crippen LogP contribution in [-0.4, -0.2) is 26.9 Å². The zero-order valence-electron chi connectivity index (χ0n) is 14.1. The molecular weight excluding hydrogens is 404 g/mol. The van der Waals surface area contributed by atoms with Gasteiger partial charge in [-0.15, -0.1) is 0 Å². The standard InChI is InChI=1S/C18H21BrN2O3S/c1-3-14(2)20-18(22)13-21(16-11-9-15(19)10-12-16)25(23,24)17-7-5-4-6-8-17/h4-12,14H,3,13H2,1-2H3,(H,20,22)/t14-/m0/s1. The van der Waals surface area contributed by atoms with Crippen LogP contribution >= 0.6 is 15.9 Å². The van der Waals surface area contributed by atoms with Crippen LogP contribution in [0.15, 0.2) is 64.0 Å². The van der Waals surface area contributed by atoms with Crippen LogP contribution in [0.4, 0.5) is 5.69 Å². The maximum Gasteiger partial charge on any atom is 0.264 e. The Morgan fingerprint density at radius 3 is 2.28 bits per heavy atom. The fourth-order valence-electron chi connectivity index (χ4n) is 2.20. The van der Waals surface area contributed by atoms with E-state index < -0.39 is 10.0 Å². The normalized spacial score (nSPS) is 12.4. The van der Waals surface area contributed by atoms with E-state index in [0.717, 1.165) is 15.2 Å². The summed E-state index contributed by atoms with van der Waals surface area (Å²) in [5.41, 5.74) is 0.436. The monoisotopic (exact) mass is 424 g/mol. The number of amides is 1. The van der Waals surface area contributed by atoms with Crippen LogP contribution in [0.1, 0.15) is 20.3 Å². The van der Waals surface area contributed by atoms with E-state index in [1.54, 1.807) is 42.5 Å². The van der Waals surface area contributed by atoms with Gasteiger partial charge in [0.15, 0.2) is 0 Å². The van der Waals surface area contributed by atoms with Crippen molar-refractivity contribution in [1.29, 1.82) is 0 Å². The predicted molar refractivity (Wildman–Crippen MR) is 103 cm³/mol. The molecule has 0 aliphatic rings. The van der Waals surface area contributed by atoms with Crippen molar-refractivity contribution in [3.63, 3.8) is 0 Å². The summed E-state index contributed by atoms with van der Waals surface area (Å²) in [4.78, 5) is 12.5. The third-order valence-electron chi connectivity index (χ3n) is 3.75. The second-order valence-electron chi connectivity index (χ2n) is 5.68. The fraction of sp³-hybridized carbons (Fsp3) is 0.278. The molecule has 25 heavy (non-hydrogen) atoms. The van der Waals surface area contributed by atoms with Crippen LogP contribution in [0.2, 0.25) is 0 Å². The molecule has 0 aliphatic carbocycles. The first-order valence-corrected chi connectivity index (χ1v) is 10.2. The maximum atomic E-state index is 13.0. The smallest absolute Gasteiger partial charge is 0.264 e. The summed E-state index contributed by atoms with van der Waals surface area (Å²) >= 11 is 3.34. The van der Waals surface area contributed by atoms with E-state index in [4.69, 9.17) is 0 Å². The Morgan fingerprint density at radius 2 is 1.72 bits per heavy atom. The molecule has 0 saturated carbocycles. The SMILES string of the molecule is CC[C@H](C)NC(=O)CN(c1ccc(Br)cc1)S(=O)(=O)c1ccccc1. The zero-order chi connectivity index (χ0) is 18.4. The maximum absolute atomic E-state index is 13.0. The molecule has 1 atom stereocenters. The number of nitrogens with zero attached hydrogens (tertiary/aromatic N) is 1. The van der Waals surface area contributed by atoms with Gasteiger partial charge in [-0.25, -0.2) is 8.42 Å². The van der Waals surface area contributed by atoms with E-state index in [0.29, 0.717) is 5.69 Å². The highest BCUT2D eigenvalue weighted by Gasteiger charge is 2.27. The number of carbonyl (C=O) groups excluding carboxylic acids is 1. The number of hydrogen-bond donors (Lipinski definition) is 1. The van der Waals surface area contributed by atoms with Gasteiger partial charge < -0.3 is 5.32 Å². The predicted octanol–water partition coefficient (Wildman–Crippen LogP) is 3.56. The lowest BCUT2D eigenvalue weighted by molar-refractivity contribution is -0.120. The second kappa shape index (κ2) is 8.49. The van der Waals surface area contributed by atoms with Gasteiger partial charge in [0, 0.05) is 10.5 Å². The first-order valence-electron chi connectivity index (χ1n) is 7.97. The molecule has 1 amide bonds. The molecular formula is C18H21BrN2O3S. The first kappa shape index (κ1) is 19.5. The summed E-state index contributed by atoms with van der Waals surface area (Å²) in [6.07, 6.45) is 0.773. The molecule has 0 unspecified atom stereocenters. The van der Waals surface area contributed by atoms with Crippen molar-refractivity contribution in [2.24, 2.45) is 0 Å². The molecule has 2 aromatic carbocycles. The molecule has 1 N–H and O–H groups in total. The summed E-state index contributed by atoms with van der Waals surface area (Å²) in [6, 6.07) is 14.9. The third-order valence-corrected chi connectivity index (χ3v) is 6.07. The number of benzene rings is 2. The highest BCUT2D eigenvalue weighted by Crippen LogP contribution is 2.25. The molecule has 0 spiro atoms. The summed E-state index contributed by atoms with van der Waals surface area (Å²) in [6.45, 7) is 3.56. The van der Waals surface area contributed by atoms with E-state index in [-0.39, 0.29) is 23.4 Å². The number of halogens is 1. The van der Waals surface area contributed by atoms with E-state index in [1.165, 1.54) is 12.1 Å². The quantitative estimate of drug-likeness (QED) is 0.738. The largest absolute Gasteiger partial charge is 0.352 e. The van der Waals surface area contributed by atoms with Crippen LogP contribution in [0.3, 0.4) is 0 Å². The fourth-order valence-corrected chi connectivity index (χ4v) is 3.90. The van der Waals surface area contributed by atoms with Gasteiger partial charge in [0.05, 0.1) is 10.6 Å². The van der Waals surface area contributed by atoms with Crippen molar-refractivity contribution in [3.8, 4) is 0 Å². The van der Waals surface area contributed by atoms with Crippen LogP contribution in [0.25, 0.3) is 0 Å². The van der Waals surface area contributed by atoms with Gasteiger partial charge in [-0.2, -0.15) is 0 Å². The zero-order valence-corrected chi connectivity index (χ0v) is 16.5. The molecule has 0 bridgehead atoms. The molecule has 7 heteroatoms. The van der Waals surface area contributed by atoms with E-state index in [1.807, 2.05) is 13.8 Å². The molecule has 5 nitrogen and oxygen atoms in total. The minimum atomic E-state index is -3.85. The molecule has 0 fully saturated rings. The minimum Gasteiger partial charge on any atom is -0.352 e. The lowest BCUT2D eigenvalue weighted by Crippen LogP contribution is -2.43. The highest BCUT2D eigenvalue weighted by molar-refractivity contribution is 9.10. The molecule has 0 aliphatic heterocycles. The Balaban J connectivity index is 2.39. The van der Waals surface area contributed by atoms with Crippen molar-refractivity contribution in [1.82, 2.24) is 5.32 Å². The molecule has 0 aromatic heterocycles. The first-order chi connectivity index (χ1) is 11.8. The van der Waals surface area contributed by atoms with Gasteiger partial charge in [0.1, 0.15) is 6.54 Å². The van der Waals surface area contributed by atoms with Gasteiger partial charge in [0.25, 0.3) is 10.0 Å². The van der Waals surface area contributed by atoms with Gasteiger partial charge in [-0.3, -0.25) is 9.10 Å². The minimum absolute atomic E-state index is 0.0151. The second-order valence-corrected chi connectivity index (χ2v) is 8.46. The van der Waals surface area contributed by atoms with Gasteiger partial charge >= 0.3 is 0 Å². The topological polar surface area (TPSA) is 66.5 Å². The number of rotatable bonds is 7. The van der Waals surface area contributed by atoms with Crippen LogP contribution in [0.5, 0.6) is 0 Å². The highest BCUT2D eigenvalue weighted by atomic mass is 79.9. The number of sulfonamides is 1. The average molecular weight is 425 g/mol. The number of hydrogen-bond acceptors (Lipinski definition) is 3. The van der Waals surface area contributed by atoms with E-state index >= 15 is 0 Å². The Labute approximate surface area is 157 Å². The number of anilines is 1. The molecule has 2 rings (SSSR count). The van der Waals surface area contributed by atoms with Crippen molar-refractivity contribution in [2.75, 3.05) is 10.8 Å². The van der Waals surface area contributed by atoms with Crippen molar-refractivity contribution in [3.05, 3.63) is 59.1 Å². The third kappa shape index (κ3) is 5.06. The molecule has 2 aromatic rings. The molecule has 0 saturated heterocycles. The Bertz CT molecular complexity index is 808. The Kier molecular flexibility index (Phi) is 6.61. The summed E-state index contributed by atoms with van der Waals surface area (Å²) in [5.74, 6) is -0.336. The van der Waals surface area contributed by atoms with Crippen LogP contribution in [0, 0.1) is 0 Å². The summed E-state index contributed by atoms with van der Waals surface area (Å²) in [7, 11) is -3.85. The molecule has 0 radical (unpaired) electrons. The summed E-state index contributed by atoms with van der Waals surface area (Å²) < 4.78 is 28.0. The Morgan fingerprint density at radius 1 is 1.12 bits per heavy atom. The van der Waals surface area contributed by atoms with Crippen molar-refractivity contribution < 1.29 is 13.2 Å².